The number of benzene rings is 2. The Morgan fingerprint density at radius 3 is 1.88 bits per heavy atom. The van der Waals surface area contributed by atoms with Gasteiger partial charge in [-0.15, -0.1) is 5.54 Å². The van der Waals surface area contributed by atoms with Crippen molar-refractivity contribution in [1.82, 2.24) is 0 Å². The van der Waals surface area contributed by atoms with Crippen LogP contribution in [0.2, 0.25) is 24.7 Å². The van der Waals surface area contributed by atoms with Crippen LogP contribution in [-0.4, -0.2) is 33.2 Å². The maximum atomic E-state index is 11.7. The summed E-state index contributed by atoms with van der Waals surface area (Å²) in [5, 5.41) is 14.0. The third kappa shape index (κ3) is 5.44. The second-order valence-corrected chi connectivity index (χ2v) is 20.7. The summed E-state index contributed by atoms with van der Waals surface area (Å²) in [6.07, 6.45) is 0.947. The molecule has 1 fully saturated rings. The van der Waals surface area contributed by atoms with E-state index in [-0.39, 0.29) is 17.1 Å². The van der Waals surface area contributed by atoms with Crippen LogP contribution in [0.1, 0.15) is 40.5 Å². The molecule has 0 unspecified atom stereocenters. The zero-order valence-electron chi connectivity index (χ0n) is 21.4. The van der Waals surface area contributed by atoms with Crippen LogP contribution in [0.4, 0.5) is 0 Å². The Bertz CT molecular complexity index is 983. The Balaban J connectivity index is 2.13. The Morgan fingerprint density at radius 1 is 0.970 bits per heavy atom. The molecule has 1 aliphatic carbocycles. The molecule has 0 spiro atoms. The molecule has 3 atom stereocenters. The van der Waals surface area contributed by atoms with Gasteiger partial charge in [-0.3, -0.25) is 0 Å². The zero-order chi connectivity index (χ0) is 24.5. The second kappa shape index (κ2) is 9.39. The van der Waals surface area contributed by atoms with Crippen molar-refractivity contribution in [2.75, 3.05) is 0 Å². The third-order valence-corrected chi connectivity index (χ3v) is 12.6. The summed E-state index contributed by atoms with van der Waals surface area (Å²) < 4.78 is 7.33. The van der Waals surface area contributed by atoms with Crippen LogP contribution in [0, 0.1) is 17.4 Å². The first kappa shape index (κ1) is 25.7. The lowest BCUT2D eigenvalue weighted by Gasteiger charge is -2.48. The molecule has 0 saturated heterocycles. The molecular formula is C29H40O2Si2. The van der Waals surface area contributed by atoms with Crippen LogP contribution in [-0.2, 0) is 4.43 Å². The average Bonchev–Trinajstić information content (AvgIpc) is 2.74. The van der Waals surface area contributed by atoms with E-state index in [0.717, 1.165) is 12.0 Å². The standard InChI is InChI=1S/C29H40O2Si2/c1-23-21-24(2)29(30,19-20-32(6,7)8)22-27(23)31-33(28(3,4)5,25-15-11-9-12-16-25)26-17-13-10-14-18-26/h9-18,24,27,30H,1,21-22H2,2-8H3/t24-,27-,29+/m1/s1. The summed E-state index contributed by atoms with van der Waals surface area (Å²) in [7, 11) is -4.35. The Morgan fingerprint density at radius 2 is 1.45 bits per heavy atom. The highest BCUT2D eigenvalue weighted by molar-refractivity contribution is 6.99. The van der Waals surface area contributed by atoms with Gasteiger partial charge in [-0.05, 0) is 27.4 Å². The molecule has 2 aromatic rings. The molecule has 0 radical (unpaired) electrons. The molecule has 1 saturated carbocycles. The van der Waals surface area contributed by atoms with Crippen molar-refractivity contribution in [2.45, 2.75) is 76.9 Å². The quantitative estimate of drug-likeness (QED) is 0.357. The van der Waals surface area contributed by atoms with Crippen LogP contribution in [0.3, 0.4) is 0 Å². The molecule has 33 heavy (non-hydrogen) atoms. The van der Waals surface area contributed by atoms with Crippen LogP contribution in [0.25, 0.3) is 0 Å². The van der Waals surface area contributed by atoms with E-state index in [1.54, 1.807) is 0 Å². The van der Waals surface area contributed by atoms with Gasteiger partial charge in [0.25, 0.3) is 8.32 Å². The molecule has 2 aromatic carbocycles. The van der Waals surface area contributed by atoms with E-state index in [1.807, 2.05) is 0 Å². The summed E-state index contributed by atoms with van der Waals surface area (Å²) in [6.45, 7) is 20.0. The lowest BCUT2D eigenvalue weighted by Crippen LogP contribution is -2.68. The summed E-state index contributed by atoms with van der Waals surface area (Å²) in [5.74, 6) is 3.34. The maximum Gasteiger partial charge on any atom is 0.261 e. The number of rotatable bonds is 4. The average molecular weight is 477 g/mol. The first-order valence-corrected chi connectivity index (χ1v) is 17.4. The molecule has 3 rings (SSSR count). The highest BCUT2D eigenvalue weighted by Crippen LogP contribution is 2.43. The van der Waals surface area contributed by atoms with E-state index >= 15 is 0 Å². The van der Waals surface area contributed by atoms with Gasteiger partial charge in [0, 0.05) is 12.3 Å². The molecule has 0 bridgehead atoms. The highest BCUT2D eigenvalue weighted by Gasteiger charge is 2.53. The largest absolute Gasteiger partial charge is 0.401 e. The molecule has 0 amide bonds. The van der Waals surface area contributed by atoms with Crippen molar-refractivity contribution >= 4 is 26.8 Å². The fourth-order valence-electron chi connectivity index (χ4n) is 4.82. The van der Waals surface area contributed by atoms with Crippen LogP contribution in [0.5, 0.6) is 0 Å². The highest BCUT2D eigenvalue weighted by atomic mass is 28.4. The van der Waals surface area contributed by atoms with E-state index in [0.29, 0.717) is 6.42 Å². The molecule has 1 N–H and O–H groups in total. The monoisotopic (exact) mass is 476 g/mol. The Labute approximate surface area is 203 Å². The first-order chi connectivity index (χ1) is 15.3. The van der Waals surface area contributed by atoms with E-state index in [4.69, 9.17) is 4.43 Å². The number of hydrogen-bond acceptors (Lipinski definition) is 2. The zero-order valence-corrected chi connectivity index (χ0v) is 23.4. The lowest BCUT2D eigenvalue weighted by atomic mass is 9.74. The molecule has 176 valence electrons. The fraction of sp³-hybridized carbons (Fsp3) is 0.448. The molecule has 1 aliphatic rings. The molecule has 0 aromatic heterocycles. The van der Waals surface area contributed by atoms with Crippen molar-refractivity contribution in [2.24, 2.45) is 5.92 Å². The van der Waals surface area contributed by atoms with E-state index in [1.165, 1.54) is 10.4 Å². The van der Waals surface area contributed by atoms with Crippen LogP contribution >= 0.6 is 0 Å². The summed E-state index contributed by atoms with van der Waals surface area (Å²) >= 11 is 0. The molecule has 0 heterocycles. The van der Waals surface area contributed by atoms with Crippen molar-refractivity contribution in [3.05, 3.63) is 72.8 Å². The van der Waals surface area contributed by atoms with Crippen molar-refractivity contribution in [1.29, 1.82) is 0 Å². The van der Waals surface area contributed by atoms with Gasteiger partial charge < -0.3 is 9.53 Å². The molecule has 2 nitrogen and oxygen atoms in total. The van der Waals surface area contributed by atoms with E-state index in [2.05, 4.69) is 126 Å². The van der Waals surface area contributed by atoms with Gasteiger partial charge in [-0.2, -0.15) is 0 Å². The van der Waals surface area contributed by atoms with Gasteiger partial charge in [0.1, 0.15) is 13.7 Å². The van der Waals surface area contributed by atoms with Gasteiger partial charge in [0.15, 0.2) is 0 Å². The van der Waals surface area contributed by atoms with Gasteiger partial charge in [0.2, 0.25) is 0 Å². The predicted octanol–water partition coefficient (Wildman–Crippen LogP) is 5.53. The predicted molar refractivity (Wildman–Crippen MR) is 146 cm³/mol. The first-order valence-electron chi connectivity index (χ1n) is 12.0. The summed E-state index contributed by atoms with van der Waals surface area (Å²) in [4.78, 5) is 0. The fourth-order valence-corrected chi connectivity index (χ4v) is 10.1. The van der Waals surface area contributed by atoms with Gasteiger partial charge in [-0.25, -0.2) is 0 Å². The lowest BCUT2D eigenvalue weighted by molar-refractivity contribution is -0.0127. The summed E-state index contributed by atoms with van der Waals surface area (Å²) in [6, 6.07) is 21.3. The smallest absolute Gasteiger partial charge is 0.261 e. The molecular weight excluding hydrogens is 436 g/mol. The summed E-state index contributed by atoms with van der Waals surface area (Å²) in [5.41, 5.74) is 3.43. The Kier molecular flexibility index (Phi) is 7.31. The second-order valence-electron chi connectivity index (χ2n) is 11.7. The van der Waals surface area contributed by atoms with Crippen LogP contribution < -0.4 is 10.4 Å². The molecule has 4 heteroatoms. The maximum absolute atomic E-state index is 11.7. The normalized spacial score (nSPS) is 24.2. The minimum absolute atomic E-state index is 0.0350. The number of hydrogen-bond donors (Lipinski definition) is 1. The topological polar surface area (TPSA) is 29.5 Å². The van der Waals surface area contributed by atoms with Crippen molar-refractivity contribution < 1.29 is 9.53 Å². The minimum atomic E-state index is -2.73. The van der Waals surface area contributed by atoms with E-state index in [9.17, 15) is 5.11 Å². The molecule has 0 aliphatic heterocycles. The third-order valence-electron chi connectivity index (χ3n) is 6.73. The van der Waals surface area contributed by atoms with Gasteiger partial charge >= 0.3 is 0 Å². The van der Waals surface area contributed by atoms with Crippen LogP contribution in [0.15, 0.2) is 72.8 Å². The SMILES string of the molecule is C=C1C[C@@H](C)[C@](O)(C#C[Si](C)(C)C)C[C@H]1O[Si](c1ccccc1)(c1ccccc1)C(C)(C)C. The minimum Gasteiger partial charge on any atom is -0.401 e. The van der Waals surface area contributed by atoms with E-state index < -0.39 is 22.0 Å². The Hall–Kier alpha value is -1.91. The van der Waals surface area contributed by atoms with Gasteiger partial charge in [-0.1, -0.05) is 120 Å². The van der Waals surface area contributed by atoms with Crippen molar-refractivity contribution in [3.8, 4) is 11.5 Å². The number of aliphatic hydroxyl groups is 1. The van der Waals surface area contributed by atoms with Gasteiger partial charge in [0.05, 0.1) is 6.10 Å². The van der Waals surface area contributed by atoms with Crippen molar-refractivity contribution in [3.63, 3.8) is 0 Å².